The Kier molecular flexibility index (Phi) is 7.33. The van der Waals surface area contributed by atoms with Crippen molar-refractivity contribution in [1.29, 1.82) is 0 Å². The maximum atomic E-state index is 12.3. The van der Waals surface area contributed by atoms with Gasteiger partial charge < -0.3 is 14.9 Å². The Hall–Kier alpha value is -1.75. The molecular formula is C15H20ClN5O3S2. The third kappa shape index (κ3) is 5.90. The van der Waals surface area contributed by atoms with Crippen LogP contribution in [0.5, 0.6) is 0 Å². The van der Waals surface area contributed by atoms with Gasteiger partial charge in [-0.05, 0) is 42.4 Å². The molecule has 0 aliphatic heterocycles. The molecule has 3 N–H and O–H groups in total. The van der Waals surface area contributed by atoms with Gasteiger partial charge >= 0.3 is 0 Å². The second kappa shape index (κ2) is 9.26. The summed E-state index contributed by atoms with van der Waals surface area (Å²) in [4.78, 5) is 11.2. The van der Waals surface area contributed by atoms with Crippen molar-refractivity contribution >= 4 is 38.8 Å². The van der Waals surface area contributed by atoms with Gasteiger partial charge in [0.2, 0.25) is 5.96 Å². The highest BCUT2D eigenvalue weighted by Gasteiger charge is 2.16. The van der Waals surface area contributed by atoms with E-state index < -0.39 is 21.2 Å². The molecule has 8 nitrogen and oxygen atoms in total. The third-order valence-electron chi connectivity index (χ3n) is 3.42. The summed E-state index contributed by atoms with van der Waals surface area (Å²) in [6.07, 6.45) is 1.56. The van der Waals surface area contributed by atoms with E-state index in [4.69, 9.17) is 11.6 Å². The lowest BCUT2D eigenvalue weighted by atomic mass is 10.4. The van der Waals surface area contributed by atoms with Gasteiger partial charge in [0.1, 0.15) is 11.5 Å². The second-order valence-electron chi connectivity index (χ2n) is 5.29. The summed E-state index contributed by atoms with van der Waals surface area (Å²) >= 11 is 4.63. The van der Waals surface area contributed by atoms with Crippen LogP contribution in [0.25, 0.3) is 0 Å². The van der Waals surface area contributed by atoms with E-state index in [2.05, 4.69) is 25.0 Å². The standard InChI is InChI=1S/C15H20ClN5O3S2/c1-11-14(20-10-19-11)9-25(22)8-7-18-15(17-2)21-26(23,24)13-5-3-12(16)4-6-13/h3-6,10H,7-9H2,1-2H3,(H,19,20)(H2,17,18,21). The normalized spacial score (nSPS) is 13.5. The third-order valence-corrected chi connectivity index (χ3v) is 6.28. The van der Waals surface area contributed by atoms with Crippen LogP contribution in [0, 0.1) is 6.92 Å². The zero-order chi connectivity index (χ0) is 19.2. The number of nitrogens with one attached hydrogen (secondary N) is 3. The predicted octanol–water partition coefficient (Wildman–Crippen LogP) is 1.17. The van der Waals surface area contributed by atoms with Gasteiger partial charge in [0, 0.05) is 12.1 Å². The first-order valence-electron chi connectivity index (χ1n) is 7.66. The van der Waals surface area contributed by atoms with Gasteiger partial charge in [0.25, 0.3) is 10.0 Å². The molecule has 1 atom stereocenters. The molecule has 0 aliphatic rings. The lowest BCUT2D eigenvalue weighted by Gasteiger charge is -2.12. The largest absolute Gasteiger partial charge is 0.616 e. The van der Waals surface area contributed by atoms with Crippen molar-refractivity contribution in [2.75, 3.05) is 19.3 Å². The number of benzene rings is 1. The molecule has 1 aromatic carbocycles. The summed E-state index contributed by atoms with van der Waals surface area (Å²) in [5.41, 5.74) is 1.64. The fraction of sp³-hybridized carbons (Fsp3) is 0.333. The van der Waals surface area contributed by atoms with Gasteiger partial charge in [0.05, 0.1) is 29.2 Å². The zero-order valence-electron chi connectivity index (χ0n) is 14.3. The molecule has 0 saturated heterocycles. The summed E-state index contributed by atoms with van der Waals surface area (Å²) in [5.74, 6) is 0.730. The number of rotatable bonds is 7. The van der Waals surface area contributed by atoms with E-state index in [9.17, 15) is 13.0 Å². The predicted molar refractivity (Wildman–Crippen MR) is 103 cm³/mol. The van der Waals surface area contributed by atoms with Crippen LogP contribution < -0.4 is 10.0 Å². The minimum atomic E-state index is -3.78. The number of aryl methyl sites for hydroxylation is 1. The molecule has 142 valence electrons. The number of aromatic amines is 1. The Labute approximate surface area is 160 Å². The first-order valence-corrected chi connectivity index (χ1v) is 11.0. The maximum absolute atomic E-state index is 12.3. The van der Waals surface area contributed by atoms with Gasteiger partial charge in [-0.25, -0.2) is 23.1 Å². The van der Waals surface area contributed by atoms with Crippen LogP contribution >= 0.6 is 11.6 Å². The Morgan fingerprint density at radius 2 is 2.08 bits per heavy atom. The molecule has 1 heterocycles. The fourth-order valence-electron chi connectivity index (χ4n) is 1.99. The van der Waals surface area contributed by atoms with Crippen molar-refractivity contribution in [3.63, 3.8) is 0 Å². The van der Waals surface area contributed by atoms with Crippen LogP contribution in [0.4, 0.5) is 0 Å². The van der Waals surface area contributed by atoms with Gasteiger partial charge in [-0.1, -0.05) is 11.6 Å². The van der Waals surface area contributed by atoms with E-state index in [1.54, 1.807) is 13.4 Å². The van der Waals surface area contributed by atoms with Crippen molar-refractivity contribution in [1.82, 2.24) is 20.0 Å². The van der Waals surface area contributed by atoms with Crippen molar-refractivity contribution < 1.29 is 13.0 Å². The molecule has 0 bridgehead atoms. The molecule has 0 amide bonds. The molecule has 1 unspecified atom stereocenters. The molecule has 26 heavy (non-hydrogen) atoms. The van der Waals surface area contributed by atoms with Gasteiger partial charge in [-0.3, -0.25) is 0 Å². The number of halogens is 1. The molecule has 0 aliphatic carbocycles. The average molecular weight is 418 g/mol. The monoisotopic (exact) mass is 417 g/mol. The summed E-state index contributed by atoms with van der Waals surface area (Å²) in [5, 5.41) is 3.13. The summed E-state index contributed by atoms with van der Waals surface area (Å²) in [6, 6.07) is 5.79. The van der Waals surface area contributed by atoms with E-state index in [0.717, 1.165) is 11.4 Å². The van der Waals surface area contributed by atoms with E-state index in [1.165, 1.54) is 24.3 Å². The van der Waals surface area contributed by atoms with Crippen molar-refractivity contribution in [3.05, 3.63) is 47.0 Å². The van der Waals surface area contributed by atoms with E-state index >= 15 is 0 Å². The van der Waals surface area contributed by atoms with Crippen LogP contribution in [-0.2, 0) is 27.0 Å². The molecule has 0 fully saturated rings. The Morgan fingerprint density at radius 1 is 1.38 bits per heavy atom. The average Bonchev–Trinajstić information content (AvgIpc) is 2.99. The molecular weight excluding hydrogens is 398 g/mol. The maximum Gasteiger partial charge on any atom is 0.264 e. The minimum Gasteiger partial charge on any atom is -0.616 e. The Morgan fingerprint density at radius 3 is 2.65 bits per heavy atom. The first-order chi connectivity index (χ1) is 12.3. The molecule has 2 aromatic rings. The quantitative estimate of drug-likeness (QED) is 0.354. The summed E-state index contributed by atoms with van der Waals surface area (Å²) in [7, 11) is -2.23. The summed E-state index contributed by atoms with van der Waals surface area (Å²) in [6.45, 7) is 2.05. The van der Waals surface area contributed by atoms with E-state index in [-0.39, 0.29) is 17.4 Å². The number of sulfonamides is 1. The topological polar surface area (TPSA) is 122 Å². The molecule has 0 radical (unpaired) electrons. The summed E-state index contributed by atoms with van der Waals surface area (Å²) < 4.78 is 39.1. The van der Waals surface area contributed by atoms with Crippen LogP contribution in [0.2, 0.25) is 5.02 Å². The fourth-order valence-corrected chi connectivity index (χ4v) is 4.20. The number of hydrogen-bond donors (Lipinski definition) is 3. The number of guanidine groups is 1. The van der Waals surface area contributed by atoms with Gasteiger partial charge in [-0.15, -0.1) is 0 Å². The van der Waals surface area contributed by atoms with Crippen molar-refractivity contribution in [2.24, 2.45) is 4.99 Å². The SMILES string of the molecule is CNC(=NCC[S+]([O-])Cc1[nH]cnc1C)NS(=O)(=O)c1ccc(Cl)cc1. The Balaban J connectivity index is 1.92. The Bertz CT molecular complexity index is 852. The molecule has 1 aromatic heterocycles. The number of nitrogens with zero attached hydrogens (tertiary/aromatic N) is 2. The van der Waals surface area contributed by atoms with E-state index in [1.807, 2.05) is 6.92 Å². The number of aliphatic imine (C=N–C) groups is 1. The zero-order valence-corrected chi connectivity index (χ0v) is 16.7. The van der Waals surface area contributed by atoms with Crippen LogP contribution in [0.15, 0.2) is 40.5 Å². The highest BCUT2D eigenvalue weighted by Crippen LogP contribution is 2.13. The van der Waals surface area contributed by atoms with Crippen LogP contribution in [0.1, 0.15) is 11.4 Å². The highest BCUT2D eigenvalue weighted by atomic mass is 35.5. The van der Waals surface area contributed by atoms with Crippen LogP contribution in [-0.4, -0.2) is 48.2 Å². The molecule has 11 heteroatoms. The smallest absolute Gasteiger partial charge is 0.264 e. The van der Waals surface area contributed by atoms with E-state index in [0.29, 0.717) is 16.5 Å². The lowest BCUT2D eigenvalue weighted by Crippen LogP contribution is -2.39. The molecule has 0 saturated carbocycles. The number of H-pyrrole nitrogens is 1. The number of hydrogen-bond acceptors (Lipinski definition) is 5. The molecule has 0 spiro atoms. The minimum absolute atomic E-state index is 0.0724. The highest BCUT2D eigenvalue weighted by molar-refractivity contribution is 7.90. The van der Waals surface area contributed by atoms with Crippen LogP contribution in [0.3, 0.4) is 0 Å². The van der Waals surface area contributed by atoms with Gasteiger partial charge in [-0.2, -0.15) is 0 Å². The van der Waals surface area contributed by atoms with Crippen molar-refractivity contribution in [2.45, 2.75) is 17.6 Å². The second-order valence-corrected chi connectivity index (χ2v) is 8.99. The molecule has 2 rings (SSSR count). The lowest BCUT2D eigenvalue weighted by molar-refractivity contribution is 0.591. The number of imidazole rings is 1. The number of aromatic nitrogens is 2. The first kappa shape index (κ1) is 20.6. The van der Waals surface area contributed by atoms with Gasteiger partial charge in [0.15, 0.2) is 0 Å². The van der Waals surface area contributed by atoms with Crippen molar-refractivity contribution in [3.8, 4) is 0 Å².